The number of amides is 4. The van der Waals surface area contributed by atoms with Gasteiger partial charge in [-0.1, -0.05) is 0 Å². The monoisotopic (exact) mass is 468 g/mol. The van der Waals surface area contributed by atoms with Crippen LogP contribution in [0, 0.1) is 11.7 Å². The van der Waals surface area contributed by atoms with E-state index in [1.54, 1.807) is 29.2 Å². The zero-order valence-corrected chi connectivity index (χ0v) is 18.9. The molecule has 0 bridgehead atoms. The van der Waals surface area contributed by atoms with Crippen LogP contribution >= 0.6 is 0 Å². The van der Waals surface area contributed by atoms with Gasteiger partial charge in [-0.05, 0) is 74.2 Å². The first kappa shape index (κ1) is 23.7. The highest BCUT2D eigenvalue weighted by Crippen LogP contribution is 2.22. The molecule has 0 spiro atoms. The van der Waals surface area contributed by atoms with E-state index in [-0.39, 0.29) is 29.9 Å². The average Bonchev–Trinajstić information content (AvgIpc) is 3.38. The van der Waals surface area contributed by atoms with Crippen LogP contribution in [0.25, 0.3) is 0 Å². The molecule has 3 N–H and O–H groups in total. The van der Waals surface area contributed by atoms with Crippen LogP contribution in [0.1, 0.15) is 36.0 Å². The number of urea groups is 1. The second-order valence-electron chi connectivity index (χ2n) is 8.63. The predicted octanol–water partition coefficient (Wildman–Crippen LogP) is 3.62. The third kappa shape index (κ3) is 6.32. The molecule has 2 aromatic rings. The van der Waals surface area contributed by atoms with E-state index in [2.05, 4.69) is 16.0 Å². The van der Waals surface area contributed by atoms with E-state index in [9.17, 15) is 18.8 Å². The number of nitrogens with one attached hydrogen (secondary N) is 3. The first-order valence-corrected chi connectivity index (χ1v) is 11.6. The standard InChI is InChI=1S/C25H29FN4O4/c26-19-7-5-17(6-8-19)24(32)30-13-1-3-18(16-30)23(31)28-20-9-11-21(12-10-20)29-25(33)27-15-22-4-2-14-34-22/h5-12,18,22H,1-4,13-16H2,(H,28,31)(H2,27,29,33). The van der Waals surface area contributed by atoms with Crippen LogP contribution in [-0.2, 0) is 9.53 Å². The fourth-order valence-electron chi connectivity index (χ4n) is 4.22. The molecular weight excluding hydrogens is 439 g/mol. The van der Waals surface area contributed by atoms with E-state index in [4.69, 9.17) is 4.74 Å². The van der Waals surface area contributed by atoms with E-state index in [1.165, 1.54) is 24.3 Å². The molecule has 2 saturated heterocycles. The molecule has 180 valence electrons. The molecule has 0 aliphatic carbocycles. The zero-order chi connectivity index (χ0) is 23.9. The highest BCUT2D eigenvalue weighted by Gasteiger charge is 2.29. The second-order valence-corrected chi connectivity index (χ2v) is 8.63. The molecule has 4 amide bonds. The summed E-state index contributed by atoms with van der Waals surface area (Å²) in [6, 6.07) is 12.0. The van der Waals surface area contributed by atoms with Gasteiger partial charge >= 0.3 is 6.03 Å². The number of hydrogen-bond donors (Lipinski definition) is 3. The van der Waals surface area contributed by atoms with Crippen molar-refractivity contribution in [2.24, 2.45) is 5.92 Å². The number of carbonyl (C=O) groups is 3. The van der Waals surface area contributed by atoms with Crippen molar-refractivity contribution in [3.63, 3.8) is 0 Å². The van der Waals surface area contributed by atoms with Gasteiger partial charge in [-0.25, -0.2) is 9.18 Å². The zero-order valence-electron chi connectivity index (χ0n) is 18.9. The minimum atomic E-state index is -0.395. The summed E-state index contributed by atoms with van der Waals surface area (Å²) < 4.78 is 18.6. The number of carbonyl (C=O) groups excluding carboxylic acids is 3. The third-order valence-electron chi connectivity index (χ3n) is 6.10. The van der Waals surface area contributed by atoms with Gasteiger partial charge in [0.25, 0.3) is 5.91 Å². The quantitative estimate of drug-likeness (QED) is 0.603. The summed E-state index contributed by atoms with van der Waals surface area (Å²) in [6.07, 6.45) is 3.45. The van der Waals surface area contributed by atoms with Gasteiger partial charge in [-0.15, -0.1) is 0 Å². The van der Waals surface area contributed by atoms with Gasteiger partial charge in [0, 0.05) is 43.2 Å². The summed E-state index contributed by atoms with van der Waals surface area (Å²) >= 11 is 0. The molecule has 2 unspecified atom stereocenters. The summed E-state index contributed by atoms with van der Waals surface area (Å²) in [5.41, 5.74) is 1.62. The lowest BCUT2D eigenvalue weighted by Crippen LogP contribution is -2.43. The van der Waals surface area contributed by atoms with Crippen molar-refractivity contribution in [1.29, 1.82) is 0 Å². The fourth-order valence-corrected chi connectivity index (χ4v) is 4.22. The lowest BCUT2D eigenvalue weighted by Gasteiger charge is -2.32. The molecule has 2 aliphatic rings. The van der Waals surface area contributed by atoms with Gasteiger partial charge in [0.2, 0.25) is 5.91 Å². The van der Waals surface area contributed by atoms with Crippen molar-refractivity contribution in [1.82, 2.24) is 10.2 Å². The van der Waals surface area contributed by atoms with E-state index >= 15 is 0 Å². The predicted molar refractivity (Wildman–Crippen MR) is 126 cm³/mol. The molecular formula is C25H29FN4O4. The van der Waals surface area contributed by atoms with Crippen LogP contribution in [0.15, 0.2) is 48.5 Å². The van der Waals surface area contributed by atoms with Crippen LogP contribution in [0.4, 0.5) is 20.6 Å². The summed E-state index contributed by atoms with van der Waals surface area (Å²) in [5.74, 6) is -1.09. The summed E-state index contributed by atoms with van der Waals surface area (Å²) in [5, 5.41) is 8.45. The van der Waals surface area contributed by atoms with Gasteiger partial charge in [0.05, 0.1) is 12.0 Å². The Bertz CT molecular complexity index is 1010. The van der Waals surface area contributed by atoms with Gasteiger partial charge in [0.15, 0.2) is 0 Å². The normalized spacial score (nSPS) is 20.0. The number of nitrogens with zero attached hydrogens (tertiary/aromatic N) is 1. The van der Waals surface area contributed by atoms with Crippen molar-refractivity contribution in [3.05, 3.63) is 59.9 Å². The Morgan fingerprint density at radius 1 is 0.941 bits per heavy atom. The molecule has 9 heteroatoms. The molecule has 2 fully saturated rings. The molecule has 8 nitrogen and oxygen atoms in total. The first-order chi connectivity index (χ1) is 16.5. The first-order valence-electron chi connectivity index (χ1n) is 11.6. The SMILES string of the molecule is O=C(NCC1CCCO1)Nc1ccc(NC(=O)C2CCCN(C(=O)c3ccc(F)cc3)C2)cc1. The largest absolute Gasteiger partial charge is 0.376 e. The molecule has 2 heterocycles. The van der Waals surface area contributed by atoms with Gasteiger partial charge in [-0.2, -0.15) is 0 Å². The van der Waals surface area contributed by atoms with Gasteiger partial charge in [-0.3, -0.25) is 9.59 Å². The lowest BCUT2D eigenvalue weighted by atomic mass is 9.96. The molecule has 34 heavy (non-hydrogen) atoms. The maximum Gasteiger partial charge on any atom is 0.319 e. The highest BCUT2D eigenvalue weighted by molar-refractivity contribution is 5.96. The van der Waals surface area contributed by atoms with Gasteiger partial charge in [0.1, 0.15) is 5.82 Å². The van der Waals surface area contributed by atoms with Crippen molar-refractivity contribution < 1.29 is 23.5 Å². The Kier molecular flexibility index (Phi) is 7.74. The Morgan fingerprint density at radius 2 is 1.65 bits per heavy atom. The summed E-state index contributed by atoms with van der Waals surface area (Å²) in [7, 11) is 0. The van der Waals surface area contributed by atoms with Crippen LogP contribution in [0.5, 0.6) is 0 Å². The molecule has 4 rings (SSSR count). The molecule has 2 atom stereocenters. The lowest BCUT2D eigenvalue weighted by molar-refractivity contribution is -0.121. The minimum absolute atomic E-state index is 0.0741. The fraction of sp³-hybridized carbons (Fsp3) is 0.400. The number of hydrogen-bond acceptors (Lipinski definition) is 4. The second kappa shape index (κ2) is 11.1. The van der Waals surface area contributed by atoms with Crippen molar-refractivity contribution in [2.45, 2.75) is 31.8 Å². The van der Waals surface area contributed by atoms with Crippen LogP contribution in [0.3, 0.4) is 0 Å². The minimum Gasteiger partial charge on any atom is -0.376 e. The summed E-state index contributed by atoms with van der Waals surface area (Å²) in [4.78, 5) is 39.2. The molecule has 2 aliphatic heterocycles. The Morgan fingerprint density at radius 3 is 2.32 bits per heavy atom. The number of likely N-dealkylation sites (tertiary alicyclic amines) is 1. The van der Waals surface area contributed by atoms with E-state index in [1.807, 2.05) is 0 Å². The Labute approximate surface area is 197 Å². The number of ether oxygens (including phenoxy) is 1. The third-order valence-corrected chi connectivity index (χ3v) is 6.10. The number of anilines is 2. The Hall–Kier alpha value is -3.46. The van der Waals surface area contributed by atoms with Crippen LogP contribution in [-0.4, -0.2) is 55.1 Å². The number of benzene rings is 2. The number of piperidine rings is 1. The molecule has 0 saturated carbocycles. The van der Waals surface area contributed by atoms with Crippen LogP contribution in [0.2, 0.25) is 0 Å². The average molecular weight is 469 g/mol. The molecule has 2 aromatic carbocycles. The van der Waals surface area contributed by atoms with Crippen molar-refractivity contribution in [2.75, 3.05) is 36.9 Å². The maximum atomic E-state index is 13.1. The van der Waals surface area contributed by atoms with E-state index in [0.717, 1.165) is 25.9 Å². The summed E-state index contributed by atoms with van der Waals surface area (Å²) in [6.45, 7) is 2.09. The highest BCUT2D eigenvalue weighted by atomic mass is 19.1. The van der Waals surface area contributed by atoms with Crippen molar-refractivity contribution >= 4 is 29.2 Å². The smallest absolute Gasteiger partial charge is 0.319 e. The van der Waals surface area contributed by atoms with Gasteiger partial charge < -0.3 is 25.6 Å². The molecule has 0 radical (unpaired) electrons. The van der Waals surface area contributed by atoms with Crippen molar-refractivity contribution in [3.8, 4) is 0 Å². The van der Waals surface area contributed by atoms with Crippen LogP contribution < -0.4 is 16.0 Å². The maximum absolute atomic E-state index is 13.1. The molecule has 0 aromatic heterocycles. The Balaban J connectivity index is 1.26. The number of halogens is 1. The number of rotatable bonds is 6. The van der Waals surface area contributed by atoms with E-state index in [0.29, 0.717) is 43.0 Å². The topological polar surface area (TPSA) is 99.8 Å². The van der Waals surface area contributed by atoms with E-state index < -0.39 is 5.82 Å².